The minimum Gasteiger partial charge on any atom is -0.396 e. The highest BCUT2D eigenvalue weighted by atomic mass is 16.3. The predicted molar refractivity (Wildman–Crippen MR) is 122 cm³/mol. The van der Waals surface area contributed by atoms with Crippen molar-refractivity contribution in [1.29, 1.82) is 0 Å². The van der Waals surface area contributed by atoms with E-state index in [2.05, 4.69) is 19.9 Å². The minimum atomic E-state index is -0.455. The number of hydrogen-bond acceptors (Lipinski definition) is 5. The standard InChI is InChI=1S/C27H40O5/c1-15(14-28)5-8-21(30)16(2)24-22(31)12-20-19-7-6-17-11-18(29)9-10-26(17,3)25(19)23(32)13-27(20,24)4/h6,15-16,18-20,24-25,28-29H,5,7-14H2,1-4H3/t15-,16-,18-,19-,20-,24+,25-,26-,27+/m0/s1. The van der Waals surface area contributed by atoms with Crippen LogP contribution in [0.1, 0.15) is 79.1 Å². The highest BCUT2D eigenvalue weighted by Crippen LogP contribution is 2.65. The number of carbonyl (C=O) groups is 3. The third kappa shape index (κ3) is 3.64. The van der Waals surface area contributed by atoms with Gasteiger partial charge in [-0.2, -0.15) is 0 Å². The molecular weight excluding hydrogens is 404 g/mol. The van der Waals surface area contributed by atoms with Gasteiger partial charge in [-0.3, -0.25) is 14.4 Å². The summed E-state index contributed by atoms with van der Waals surface area (Å²) in [5.74, 6) is 0.00156. The number of aliphatic hydroxyl groups is 2. The fourth-order valence-corrected chi connectivity index (χ4v) is 8.05. The number of rotatable bonds is 6. The molecule has 3 saturated carbocycles. The summed E-state index contributed by atoms with van der Waals surface area (Å²) in [6, 6.07) is 0. The normalized spacial score (nSPS) is 43.1. The van der Waals surface area contributed by atoms with Crippen LogP contribution in [0.3, 0.4) is 0 Å². The molecule has 0 bridgehead atoms. The molecule has 0 saturated heterocycles. The molecular formula is C27H40O5. The molecule has 178 valence electrons. The van der Waals surface area contributed by atoms with E-state index in [-0.39, 0.29) is 71.0 Å². The van der Waals surface area contributed by atoms with Gasteiger partial charge in [0.2, 0.25) is 0 Å². The Balaban J connectivity index is 1.60. The van der Waals surface area contributed by atoms with E-state index < -0.39 is 5.41 Å². The van der Waals surface area contributed by atoms with Gasteiger partial charge in [-0.25, -0.2) is 0 Å². The van der Waals surface area contributed by atoms with E-state index in [1.807, 2.05) is 13.8 Å². The fraction of sp³-hybridized carbons (Fsp3) is 0.815. The maximum atomic E-state index is 13.7. The van der Waals surface area contributed by atoms with Crippen molar-refractivity contribution >= 4 is 17.3 Å². The smallest absolute Gasteiger partial charge is 0.137 e. The van der Waals surface area contributed by atoms with E-state index in [0.717, 1.165) is 19.3 Å². The van der Waals surface area contributed by atoms with E-state index in [4.69, 9.17) is 0 Å². The van der Waals surface area contributed by atoms with Crippen molar-refractivity contribution in [3.63, 3.8) is 0 Å². The molecule has 0 heterocycles. The summed E-state index contributed by atoms with van der Waals surface area (Å²) in [5.41, 5.74) is 0.573. The Kier molecular flexibility index (Phi) is 6.30. The van der Waals surface area contributed by atoms with Crippen molar-refractivity contribution in [1.82, 2.24) is 0 Å². The molecule has 4 rings (SSSR count). The third-order valence-corrected chi connectivity index (χ3v) is 9.88. The SMILES string of the molecule is C[C@H](CO)CCC(=O)[C@H](C)[C@@H]1C(=O)C[C@H]2[C@@H]3CC=C4C[C@@H](O)CC[C@]4(C)[C@@H]3C(=O)C[C@]21C. The van der Waals surface area contributed by atoms with Gasteiger partial charge in [0, 0.05) is 43.6 Å². The van der Waals surface area contributed by atoms with Gasteiger partial charge in [0.15, 0.2) is 0 Å². The number of hydrogen-bond donors (Lipinski definition) is 2. The van der Waals surface area contributed by atoms with E-state index in [1.54, 1.807) is 0 Å². The first-order chi connectivity index (χ1) is 15.0. The van der Waals surface area contributed by atoms with Gasteiger partial charge < -0.3 is 10.2 Å². The van der Waals surface area contributed by atoms with E-state index in [1.165, 1.54) is 5.57 Å². The second kappa shape index (κ2) is 8.47. The lowest BCUT2D eigenvalue weighted by molar-refractivity contribution is -0.148. The fourth-order valence-electron chi connectivity index (χ4n) is 8.05. The molecule has 0 amide bonds. The Morgan fingerprint density at radius 2 is 1.91 bits per heavy atom. The number of Topliss-reactive ketones (excluding diaryl/α,β-unsaturated/α-hetero) is 3. The zero-order valence-corrected chi connectivity index (χ0v) is 20.1. The summed E-state index contributed by atoms with van der Waals surface area (Å²) in [4.78, 5) is 40.0. The molecule has 0 aromatic carbocycles. The molecule has 9 atom stereocenters. The molecule has 5 heteroatoms. The van der Waals surface area contributed by atoms with Crippen molar-refractivity contribution in [2.45, 2.75) is 85.2 Å². The van der Waals surface area contributed by atoms with Crippen molar-refractivity contribution in [2.75, 3.05) is 6.61 Å². The summed E-state index contributed by atoms with van der Waals surface area (Å²) >= 11 is 0. The highest BCUT2D eigenvalue weighted by Gasteiger charge is 2.65. The number of ketones is 3. The van der Waals surface area contributed by atoms with Gasteiger partial charge in [0.1, 0.15) is 17.3 Å². The van der Waals surface area contributed by atoms with Crippen LogP contribution in [0.2, 0.25) is 0 Å². The first-order valence-corrected chi connectivity index (χ1v) is 12.6. The van der Waals surface area contributed by atoms with Crippen LogP contribution in [-0.4, -0.2) is 40.3 Å². The first kappa shape index (κ1) is 23.8. The van der Waals surface area contributed by atoms with Crippen molar-refractivity contribution < 1.29 is 24.6 Å². The van der Waals surface area contributed by atoms with Crippen LogP contribution in [-0.2, 0) is 14.4 Å². The van der Waals surface area contributed by atoms with Crippen molar-refractivity contribution in [2.24, 2.45) is 46.3 Å². The molecule has 2 N–H and O–H groups in total. The van der Waals surface area contributed by atoms with Crippen LogP contribution < -0.4 is 0 Å². The van der Waals surface area contributed by atoms with Gasteiger partial charge in [0.25, 0.3) is 0 Å². The lowest BCUT2D eigenvalue weighted by Crippen LogP contribution is -2.55. The average molecular weight is 445 g/mol. The van der Waals surface area contributed by atoms with E-state index in [9.17, 15) is 24.6 Å². The lowest BCUT2D eigenvalue weighted by atomic mass is 9.46. The molecule has 0 aromatic rings. The monoisotopic (exact) mass is 444 g/mol. The Morgan fingerprint density at radius 3 is 2.59 bits per heavy atom. The molecule has 0 radical (unpaired) electrons. The molecule has 4 aliphatic carbocycles. The lowest BCUT2D eigenvalue weighted by Gasteiger charge is -2.56. The summed E-state index contributed by atoms with van der Waals surface area (Å²) < 4.78 is 0. The number of aliphatic hydroxyl groups excluding tert-OH is 2. The van der Waals surface area contributed by atoms with E-state index >= 15 is 0 Å². The zero-order valence-electron chi connectivity index (χ0n) is 20.1. The van der Waals surface area contributed by atoms with Gasteiger partial charge >= 0.3 is 0 Å². The molecule has 5 nitrogen and oxygen atoms in total. The summed E-state index contributed by atoms with van der Waals surface area (Å²) in [6.45, 7) is 8.15. The predicted octanol–water partition coefficient (Wildman–Crippen LogP) is 3.90. The summed E-state index contributed by atoms with van der Waals surface area (Å²) in [7, 11) is 0. The first-order valence-electron chi connectivity index (χ1n) is 12.6. The quantitative estimate of drug-likeness (QED) is 0.606. The van der Waals surface area contributed by atoms with Gasteiger partial charge in [-0.15, -0.1) is 0 Å². The number of allylic oxidation sites excluding steroid dienone is 1. The van der Waals surface area contributed by atoms with Gasteiger partial charge in [-0.1, -0.05) is 39.3 Å². The van der Waals surface area contributed by atoms with E-state index in [0.29, 0.717) is 32.1 Å². The van der Waals surface area contributed by atoms with Crippen LogP contribution in [0.15, 0.2) is 11.6 Å². The maximum Gasteiger partial charge on any atom is 0.137 e. The second-order valence-corrected chi connectivity index (χ2v) is 11.9. The van der Waals surface area contributed by atoms with Crippen LogP contribution in [0.4, 0.5) is 0 Å². The van der Waals surface area contributed by atoms with Gasteiger partial charge in [0.05, 0.1) is 6.10 Å². The summed E-state index contributed by atoms with van der Waals surface area (Å²) in [6.07, 6.45) is 6.81. The number of carbonyl (C=O) groups excluding carboxylic acids is 3. The molecule has 0 aromatic heterocycles. The maximum absolute atomic E-state index is 13.7. The molecule has 0 aliphatic heterocycles. The largest absolute Gasteiger partial charge is 0.396 e. The Bertz CT molecular complexity index is 830. The number of fused-ring (bicyclic) bond motifs is 5. The van der Waals surface area contributed by atoms with Crippen molar-refractivity contribution in [3.05, 3.63) is 11.6 Å². The molecule has 0 unspecified atom stereocenters. The molecule has 3 fully saturated rings. The Morgan fingerprint density at radius 1 is 1.19 bits per heavy atom. The molecule has 32 heavy (non-hydrogen) atoms. The molecule has 0 spiro atoms. The Labute approximate surface area is 192 Å². The van der Waals surface area contributed by atoms with Crippen molar-refractivity contribution in [3.8, 4) is 0 Å². The average Bonchev–Trinajstić information content (AvgIpc) is 3.00. The molecule has 4 aliphatic rings. The van der Waals surface area contributed by atoms with Gasteiger partial charge in [-0.05, 0) is 60.7 Å². The van der Waals surface area contributed by atoms with Crippen LogP contribution in [0.5, 0.6) is 0 Å². The minimum absolute atomic E-state index is 0.0622. The van der Waals surface area contributed by atoms with Crippen LogP contribution >= 0.6 is 0 Å². The van der Waals surface area contributed by atoms with Crippen LogP contribution in [0, 0.1) is 46.3 Å². The summed E-state index contributed by atoms with van der Waals surface area (Å²) in [5, 5.41) is 19.4. The third-order valence-electron chi connectivity index (χ3n) is 9.88. The zero-order chi connectivity index (χ0) is 23.4. The Hall–Kier alpha value is -1.33. The topological polar surface area (TPSA) is 91.7 Å². The second-order valence-electron chi connectivity index (χ2n) is 11.9. The highest BCUT2D eigenvalue weighted by molar-refractivity contribution is 5.94. The van der Waals surface area contributed by atoms with Crippen LogP contribution in [0.25, 0.3) is 0 Å².